The summed E-state index contributed by atoms with van der Waals surface area (Å²) in [4.78, 5) is 25.7. The predicted octanol–water partition coefficient (Wildman–Crippen LogP) is 3.71. The van der Waals surface area contributed by atoms with Gasteiger partial charge in [0.1, 0.15) is 24.7 Å². The Morgan fingerprint density at radius 1 is 0.903 bits per heavy atom. The molecule has 4 rings (SSSR count). The van der Waals surface area contributed by atoms with E-state index in [1.165, 1.54) is 0 Å². The molecule has 0 saturated carbocycles. The van der Waals surface area contributed by atoms with Crippen LogP contribution in [-0.2, 0) is 4.79 Å². The Kier molecular flexibility index (Phi) is 6.03. The SMILES string of the molecule is COc1ccc(C(=O)c2cc3c(cc2NC(=O)COc2ccccc2)OCCO3)cc1. The van der Waals surface area contributed by atoms with E-state index in [1.54, 1.807) is 55.6 Å². The third-order valence-electron chi connectivity index (χ3n) is 4.67. The molecule has 1 N–H and O–H groups in total. The normalized spacial score (nSPS) is 12.0. The first-order chi connectivity index (χ1) is 15.1. The van der Waals surface area contributed by atoms with Crippen molar-refractivity contribution in [1.82, 2.24) is 0 Å². The van der Waals surface area contributed by atoms with E-state index in [-0.39, 0.29) is 12.4 Å². The van der Waals surface area contributed by atoms with Crippen molar-refractivity contribution in [3.63, 3.8) is 0 Å². The van der Waals surface area contributed by atoms with E-state index in [4.69, 9.17) is 18.9 Å². The maximum Gasteiger partial charge on any atom is 0.262 e. The smallest absolute Gasteiger partial charge is 0.262 e. The van der Waals surface area contributed by atoms with Gasteiger partial charge in [0, 0.05) is 11.6 Å². The van der Waals surface area contributed by atoms with Gasteiger partial charge >= 0.3 is 0 Å². The van der Waals surface area contributed by atoms with Crippen LogP contribution in [0.1, 0.15) is 15.9 Å². The van der Waals surface area contributed by atoms with Crippen LogP contribution in [0.5, 0.6) is 23.0 Å². The predicted molar refractivity (Wildman–Crippen MR) is 114 cm³/mol. The highest BCUT2D eigenvalue weighted by atomic mass is 16.6. The van der Waals surface area contributed by atoms with Crippen molar-refractivity contribution < 1.29 is 28.5 Å². The molecule has 0 aromatic heterocycles. The molecule has 1 heterocycles. The lowest BCUT2D eigenvalue weighted by Gasteiger charge is -2.21. The van der Waals surface area contributed by atoms with Gasteiger partial charge in [0.05, 0.1) is 18.4 Å². The summed E-state index contributed by atoms with van der Waals surface area (Å²) in [5.41, 5.74) is 1.07. The van der Waals surface area contributed by atoms with Gasteiger partial charge in [-0.3, -0.25) is 9.59 Å². The van der Waals surface area contributed by atoms with Crippen LogP contribution in [0.3, 0.4) is 0 Å². The molecule has 1 amide bonds. The first kappa shape index (κ1) is 20.3. The fourth-order valence-electron chi connectivity index (χ4n) is 3.13. The second-order valence-electron chi connectivity index (χ2n) is 6.75. The van der Waals surface area contributed by atoms with E-state index in [1.807, 2.05) is 18.2 Å². The number of benzene rings is 3. The van der Waals surface area contributed by atoms with E-state index in [9.17, 15) is 9.59 Å². The third-order valence-corrected chi connectivity index (χ3v) is 4.67. The summed E-state index contributed by atoms with van der Waals surface area (Å²) in [6.07, 6.45) is 0. The number of anilines is 1. The molecule has 0 spiro atoms. The molecule has 0 radical (unpaired) electrons. The van der Waals surface area contributed by atoms with Crippen LogP contribution in [0, 0.1) is 0 Å². The molecular formula is C24H21NO6. The highest BCUT2D eigenvalue weighted by Crippen LogP contribution is 2.36. The van der Waals surface area contributed by atoms with E-state index in [0.29, 0.717) is 53.0 Å². The van der Waals surface area contributed by atoms with Crippen LogP contribution in [0.15, 0.2) is 66.7 Å². The Morgan fingerprint density at radius 2 is 1.58 bits per heavy atom. The molecule has 0 atom stereocenters. The summed E-state index contributed by atoms with van der Waals surface area (Å²) in [7, 11) is 1.56. The number of rotatable bonds is 7. The molecule has 7 heteroatoms. The summed E-state index contributed by atoms with van der Waals surface area (Å²) in [5, 5.41) is 2.76. The zero-order chi connectivity index (χ0) is 21.6. The van der Waals surface area contributed by atoms with Crippen LogP contribution in [-0.4, -0.2) is 38.6 Å². The second-order valence-corrected chi connectivity index (χ2v) is 6.75. The molecule has 7 nitrogen and oxygen atoms in total. The lowest BCUT2D eigenvalue weighted by Crippen LogP contribution is -2.23. The van der Waals surface area contributed by atoms with Crippen molar-refractivity contribution in [1.29, 1.82) is 0 Å². The number of para-hydroxylation sites is 1. The fraction of sp³-hybridized carbons (Fsp3) is 0.167. The number of hydrogen-bond acceptors (Lipinski definition) is 6. The maximum atomic E-state index is 13.2. The average Bonchev–Trinajstić information content (AvgIpc) is 2.82. The lowest BCUT2D eigenvalue weighted by atomic mass is 10.0. The number of ether oxygens (including phenoxy) is 4. The van der Waals surface area contributed by atoms with Crippen molar-refractivity contribution in [3.8, 4) is 23.0 Å². The van der Waals surface area contributed by atoms with Crippen molar-refractivity contribution >= 4 is 17.4 Å². The van der Waals surface area contributed by atoms with Gasteiger partial charge in [0.15, 0.2) is 23.9 Å². The molecule has 1 aliphatic heterocycles. The molecule has 0 fully saturated rings. The molecular weight excluding hydrogens is 398 g/mol. The highest BCUT2D eigenvalue weighted by Gasteiger charge is 2.22. The standard InChI is InChI=1S/C24H21NO6/c1-28-17-9-7-16(8-10-17)24(27)19-13-21-22(30-12-11-29-21)14-20(19)25-23(26)15-31-18-5-3-2-4-6-18/h2-10,13-14H,11-12,15H2,1H3,(H,25,26). The van der Waals surface area contributed by atoms with E-state index in [0.717, 1.165) is 0 Å². The molecule has 158 valence electrons. The Bertz CT molecular complexity index is 1080. The molecule has 3 aromatic rings. The minimum Gasteiger partial charge on any atom is -0.497 e. The summed E-state index contributed by atoms with van der Waals surface area (Å²) in [6, 6.07) is 19.0. The Balaban J connectivity index is 1.59. The quantitative estimate of drug-likeness (QED) is 0.588. The Labute approximate surface area is 179 Å². The minimum absolute atomic E-state index is 0.200. The van der Waals surface area contributed by atoms with Crippen molar-refractivity contribution in [2.75, 3.05) is 32.2 Å². The molecule has 31 heavy (non-hydrogen) atoms. The largest absolute Gasteiger partial charge is 0.497 e. The summed E-state index contributed by atoms with van der Waals surface area (Å²) in [5.74, 6) is 1.49. The van der Waals surface area contributed by atoms with Crippen LogP contribution < -0.4 is 24.3 Å². The number of methoxy groups -OCH3 is 1. The number of carbonyl (C=O) groups is 2. The van der Waals surface area contributed by atoms with Gasteiger partial charge in [-0.1, -0.05) is 18.2 Å². The third kappa shape index (κ3) is 4.78. The highest BCUT2D eigenvalue weighted by molar-refractivity contribution is 6.14. The van der Waals surface area contributed by atoms with Crippen molar-refractivity contribution in [3.05, 3.63) is 77.9 Å². The Morgan fingerprint density at radius 3 is 2.26 bits per heavy atom. The van der Waals surface area contributed by atoms with Crippen molar-refractivity contribution in [2.45, 2.75) is 0 Å². The summed E-state index contributed by atoms with van der Waals surface area (Å²) >= 11 is 0. The average molecular weight is 419 g/mol. The van der Waals surface area contributed by atoms with Gasteiger partial charge in [-0.05, 0) is 42.5 Å². The second kappa shape index (κ2) is 9.21. The number of nitrogens with one attached hydrogen (secondary N) is 1. The van der Waals surface area contributed by atoms with Crippen LogP contribution in [0.4, 0.5) is 5.69 Å². The van der Waals surface area contributed by atoms with Gasteiger partial charge in [-0.15, -0.1) is 0 Å². The Hall–Kier alpha value is -4.00. The monoisotopic (exact) mass is 419 g/mol. The van der Waals surface area contributed by atoms with Crippen LogP contribution in [0.25, 0.3) is 0 Å². The van der Waals surface area contributed by atoms with Crippen LogP contribution >= 0.6 is 0 Å². The molecule has 0 saturated heterocycles. The first-order valence-corrected chi connectivity index (χ1v) is 9.74. The van der Waals surface area contributed by atoms with Crippen LogP contribution in [0.2, 0.25) is 0 Å². The van der Waals surface area contributed by atoms with Gasteiger partial charge in [-0.2, -0.15) is 0 Å². The van der Waals surface area contributed by atoms with Crippen molar-refractivity contribution in [2.24, 2.45) is 0 Å². The van der Waals surface area contributed by atoms with Gasteiger partial charge in [-0.25, -0.2) is 0 Å². The zero-order valence-corrected chi connectivity index (χ0v) is 16.9. The molecule has 0 aliphatic carbocycles. The summed E-state index contributed by atoms with van der Waals surface area (Å²) < 4.78 is 21.9. The molecule has 0 bridgehead atoms. The maximum absolute atomic E-state index is 13.2. The number of fused-ring (bicyclic) bond motifs is 1. The zero-order valence-electron chi connectivity index (χ0n) is 16.9. The molecule has 0 unspecified atom stereocenters. The number of amides is 1. The van der Waals surface area contributed by atoms with Gasteiger partial charge in [0.25, 0.3) is 5.91 Å². The van der Waals surface area contributed by atoms with Gasteiger partial charge in [0.2, 0.25) is 0 Å². The number of ketones is 1. The number of carbonyl (C=O) groups excluding carboxylic acids is 2. The summed E-state index contributed by atoms with van der Waals surface area (Å²) in [6.45, 7) is 0.581. The topological polar surface area (TPSA) is 83.1 Å². The van der Waals surface area contributed by atoms with E-state index >= 15 is 0 Å². The van der Waals surface area contributed by atoms with Gasteiger partial charge < -0.3 is 24.3 Å². The first-order valence-electron chi connectivity index (χ1n) is 9.74. The molecule has 3 aromatic carbocycles. The van der Waals surface area contributed by atoms with E-state index < -0.39 is 5.91 Å². The lowest BCUT2D eigenvalue weighted by molar-refractivity contribution is -0.118. The van der Waals surface area contributed by atoms with E-state index in [2.05, 4.69) is 5.32 Å². The minimum atomic E-state index is -0.399. The molecule has 1 aliphatic rings. The number of hydrogen-bond donors (Lipinski definition) is 1. The fourth-order valence-corrected chi connectivity index (χ4v) is 3.13.